The molecule has 6 aromatic rings. The maximum atomic E-state index is 4.98. The normalized spacial score (nSPS) is 14.2. The Balaban J connectivity index is 0.000000193. The third-order valence-electron chi connectivity index (χ3n) is 7.97. The van der Waals surface area contributed by atoms with E-state index in [1.54, 1.807) is 0 Å². The van der Waals surface area contributed by atoms with Crippen LogP contribution in [0.5, 0.6) is 0 Å². The summed E-state index contributed by atoms with van der Waals surface area (Å²) in [7, 11) is 0. The number of aromatic nitrogens is 5. The van der Waals surface area contributed by atoms with Gasteiger partial charge < -0.3 is 15.2 Å². The second kappa shape index (κ2) is 11.1. The van der Waals surface area contributed by atoms with E-state index in [-0.39, 0.29) is 31.9 Å². The molecule has 4 heterocycles. The van der Waals surface area contributed by atoms with Crippen LogP contribution in [-0.4, -0.2) is 15.1 Å². The molecule has 1 aliphatic carbocycles. The first-order valence-corrected chi connectivity index (χ1v) is 13.7. The Labute approximate surface area is 250 Å². The van der Waals surface area contributed by atoms with Crippen molar-refractivity contribution in [3.63, 3.8) is 0 Å². The number of para-hydroxylation sites is 2. The van der Waals surface area contributed by atoms with Gasteiger partial charge in [-0.05, 0) is 73.7 Å². The summed E-state index contributed by atoms with van der Waals surface area (Å²) in [4.78, 5) is 14.0. The number of hydrogen-bond donors (Lipinski definition) is 0. The zero-order chi connectivity index (χ0) is 27.0. The van der Waals surface area contributed by atoms with Gasteiger partial charge in [0.05, 0.1) is 17.1 Å². The third-order valence-corrected chi connectivity index (χ3v) is 7.97. The fourth-order valence-electron chi connectivity index (χ4n) is 5.65. The first kappa shape index (κ1) is 28.0. The van der Waals surface area contributed by atoms with Crippen molar-refractivity contribution >= 4 is 21.8 Å². The van der Waals surface area contributed by atoms with Crippen molar-refractivity contribution < 1.29 is 21.1 Å². The van der Waals surface area contributed by atoms with Gasteiger partial charge in [-0.1, -0.05) is 80.2 Å². The van der Waals surface area contributed by atoms with Crippen molar-refractivity contribution in [1.29, 1.82) is 0 Å². The van der Waals surface area contributed by atoms with Crippen molar-refractivity contribution in [1.82, 2.24) is 25.1 Å². The summed E-state index contributed by atoms with van der Waals surface area (Å²) in [5, 5.41) is 11.6. The molecule has 0 fully saturated rings. The topological polar surface area (TPSA) is 66.9 Å². The SMILES string of the molecule is CC1(C)CCCc2c1n[n-]c2-c1cccc(C(C)(C)c2ccccn2)n1.[Pt+2].c1ccc2c(c1)[n-]c1ccccc12. The number of rotatable bonds is 3. The van der Waals surface area contributed by atoms with Gasteiger partial charge in [0.2, 0.25) is 0 Å². The van der Waals surface area contributed by atoms with Crippen molar-refractivity contribution in [2.45, 2.75) is 57.8 Å². The molecule has 7 rings (SSSR count). The van der Waals surface area contributed by atoms with Crippen LogP contribution in [0, 0.1) is 0 Å². The molecule has 0 saturated heterocycles. The predicted molar refractivity (Wildman–Crippen MR) is 158 cm³/mol. The van der Waals surface area contributed by atoms with Crippen LogP contribution in [0.25, 0.3) is 33.2 Å². The van der Waals surface area contributed by atoms with Crippen molar-refractivity contribution in [3.8, 4) is 11.4 Å². The van der Waals surface area contributed by atoms with E-state index in [4.69, 9.17) is 4.98 Å². The van der Waals surface area contributed by atoms with Crippen LogP contribution < -0.4 is 10.1 Å². The maximum absolute atomic E-state index is 4.98. The monoisotopic (exact) mass is 706 g/mol. The van der Waals surface area contributed by atoms with Gasteiger partial charge in [0, 0.05) is 22.7 Å². The molecule has 0 radical (unpaired) electrons. The number of benzene rings is 2. The van der Waals surface area contributed by atoms with E-state index in [0.717, 1.165) is 52.3 Å². The summed E-state index contributed by atoms with van der Waals surface area (Å²) in [6.07, 6.45) is 5.22. The zero-order valence-electron chi connectivity index (χ0n) is 23.3. The average molecular weight is 707 g/mol. The maximum Gasteiger partial charge on any atom is 2.00 e. The third kappa shape index (κ3) is 5.15. The van der Waals surface area contributed by atoms with Gasteiger partial charge in [0.15, 0.2) is 0 Å². The molecule has 0 bridgehead atoms. The second-order valence-electron chi connectivity index (χ2n) is 11.5. The van der Waals surface area contributed by atoms with Crippen molar-refractivity contribution in [3.05, 3.63) is 114 Å². The molecule has 0 saturated carbocycles. The molecule has 0 amide bonds. The largest absolute Gasteiger partial charge is 2.00 e. The van der Waals surface area contributed by atoms with Crippen LogP contribution in [0.1, 0.15) is 63.2 Å². The molecule has 2 aromatic carbocycles. The van der Waals surface area contributed by atoms with Gasteiger partial charge in [-0.3, -0.25) is 9.97 Å². The van der Waals surface area contributed by atoms with Gasteiger partial charge in [-0.25, -0.2) is 0 Å². The van der Waals surface area contributed by atoms with Crippen LogP contribution in [0.2, 0.25) is 0 Å². The van der Waals surface area contributed by atoms with Crippen LogP contribution in [0.4, 0.5) is 0 Å². The molecule has 1 aliphatic rings. The van der Waals surface area contributed by atoms with E-state index in [1.807, 2.05) is 36.5 Å². The molecule has 5 nitrogen and oxygen atoms in total. The van der Waals surface area contributed by atoms with Gasteiger partial charge in [-0.2, -0.15) is 0 Å². The molecular formula is C34H33N5Pt. The van der Waals surface area contributed by atoms with Crippen LogP contribution in [0.3, 0.4) is 0 Å². The first-order chi connectivity index (χ1) is 18.8. The average Bonchev–Trinajstić information content (AvgIpc) is 3.57. The fourth-order valence-corrected chi connectivity index (χ4v) is 5.65. The van der Waals surface area contributed by atoms with E-state index in [9.17, 15) is 0 Å². The smallest absolute Gasteiger partial charge is 0.657 e. The second-order valence-corrected chi connectivity index (χ2v) is 11.5. The molecule has 0 N–H and O–H groups in total. The van der Waals surface area contributed by atoms with Crippen LogP contribution in [-0.2, 0) is 38.3 Å². The Morgan fingerprint density at radius 2 is 1.43 bits per heavy atom. The number of hydrogen-bond acceptors (Lipinski definition) is 3. The van der Waals surface area contributed by atoms with Crippen molar-refractivity contribution in [2.75, 3.05) is 0 Å². The molecule has 0 aliphatic heterocycles. The summed E-state index contributed by atoms with van der Waals surface area (Å²) in [6, 6.07) is 28.7. The van der Waals surface area contributed by atoms with Crippen molar-refractivity contribution in [2.24, 2.45) is 0 Å². The van der Waals surface area contributed by atoms with E-state index in [2.05, 4.69) is 102 Å². The van der Waals surface area contributed by atoms with E-state index in [1.165, 1.54) is 22.8 Å². The van der Waals surface area contributed by atoms with Crippen LogP contribution in [0.15, 0.2) is 91.1 Å². The summed E-state index contributed by atoms with van der Waals surface area (Å²) < 4.78 is 0. The molecular weight excluding hydrogens is 673 g/mol. The molecule has 6 heteroatoms. The van der Waals surface area contributed by atoms with Gasteiger partial charge in [0.1, 0.15) is 0 Å². The first-order valence-electron chi connectivity index (χ1n) is 13.7. The molecule has 0 unspecified atom stereocenters. The summed E-state index contributed by atoms with van der Waals surface area (Å²) >= 11 is 0. The molecule has 4 aromatic heterocycles. The predicted octanol–water partition coefficient (Wildman–Crippen LogP) is 7.38. The minimum Gasteiger partial charge on any atom is -0.657 e. The Morgan fingerprint density at radius 3 is 2.10 bits per heavy atom. The zero-order valence-corrected chi connectivity index (χ0v) is 25.6. The van der Waals surface area contributed by atoms with E-state index < -0.39 is 0 Å². The Bertz CT molecular complexity index is 1700. The Kier molecular flexibility index (Phi) is 7.79. The quantitative estimate of drug-likeness (QED) is 0.192. The summed E-state index contributed by atoms with van der Waals surface area (Å²) in [6.45, 7) is 8.85. The van der Waals surface area contributed by atoms with Gasteiger partial charge >= 0.3 is 21.1 Å². The fraction of sp³-hybridized carbons (Fsp3) is 0.265. The van der Waals surface area contributed by atoms with Gasteiger partial charge in [0.25, 0.3) is 0 Å². The summed E-state index contributed by atoms with van der Waals surface area (Å²) in [5.74, 6) is 0. The van der Waals surface area contributed by atoms with Gasteiger partial charge in [-0.15, -0.1) is 11.0 Å². The van der Waals surface area contributed by atoms with Crippen LogP contribution >= 0.6 is 0 Å². The molecule has 40 heavy (non-hydrogen) atoms. The number of fused-ring (bicyclic) bond motifs is 4. The molecule has 0 spiro atoms. The standard InChI is InChI=1S/C22H25N4.C12H8N.Pt/c1-21(2)13-8-9-15-19(25-26-20(15)21)16-10-7-12-18(24-16)22(3,4)17-11-5-6-14-23-17;1-3-7-11-9(5-1)10-6-2-4-8-12(10)13-11;/h5-7,10-12,14H,8-9,13H2,1-4H3;1-8H;/q2*-1;+2. The molecule has 0 atom stereocenters. The summed E-state index contributed by atoms with van der Waals surface area (Å²) in [5.41, 5.74) is 8.32. The number of nitrogens with zero attached hydrogens (tertiary/aromatic N) is 5. The molecule has 204 valence electrons. The minimum absolute atomic E-state index is 0. The minimum atomic E-state index is -0.267. The number of pyridine rings is 2. The van der Waals surface area contributed by atoms with E-state index in [0.29, 0.717) is 0 Å². The van der Waals surface area contributed by atoms with E-state index >= 15 is 0 Å². The Morgan fingerprint density at radius 1 is 0.775 bits per heavy atom. The Hall–Kier alpha value is -3.56.